The van der Waals surface area contributed by atoms with Crippen LogP contribution >= 0.6 is 0 Å². The van der Waals surface area contributed by atoms with Crippen LogP contribution in [0.1, 0.15) is 47.5 Å². The van der Waals surface area contributed by atoms with Crippen LogP contribution in [0.15, 0.2) is 0 Å². The van der Waals surface area contributed by atoms with Gasteiger partial charge in [0.25, 0.3) is 0 Å². The molecule has 2 atom stereocenters. The average Bonchev–Trinajstić information content (AvgIpc) is 2.54. The molecule has 1 aliphatic rings. The smallest absolute Gasteiger partial charge is 0.241 e. The van der Waals surface area contributed by atoms with Gasteiger partial charge in [-0.05, 0) is 31.6 Å². The van der Waals surface area contributed by atoms with Gasteiger partial charge in [0, 0.05) is 19.8 Å². The van der Waals surface area contributed by atoms with Crippen LogP contribution in [0, 0.1) is 11.8 Å². The summed E-state index contributed by atoms with van der Waals surface area (Å²) < 4.78 is 5.56. The van der Waals surface area contributed by atoms with Crippen molar-refractivity contribution in [1.29, 1.82) is 0 Å². The summed E-state index contributed by atoms with van der Waals surface area (Å²) in [6.45, 7) is 13.0. The van der Waals surface area contributed by atoms with Gasteiger partial charge in [-0.25, -0.2) is 0 Å². The van der Waals surface area contributed by atoms with Gasteiger partial charge in [0.15, 0.2) is 0 Å². The molecular weight excluding hydrogens is 240 g/mol. The molecule has 0 bridgehead atoms. The Morgan fingerprint density at radius 1 is 1.26 bits per heavy atom. The molecule has 0 aromatic carbocycles. The molecular formula is C15H30N2O2. The molecule has 0 aliphatic carbocycles. The Morgan fingerprint density at radius 3 is 2.53 bits per heavy atom. The number of hydrogen-bond acceptors (Lipinski definition) is 3. The van der Waals surface area contributed by atoms with Crippen LogP contribution in [0.4, 0.5) is 0 Å². The lowest BCUT2D eigenvalue weighted by molar-refractivity contribution is -0.130. The highest BCUT2D eigenvalue weighted by atomic mass is 16.5. The molecule has 1 rings (SSSR count). The number of carbonyl (C=O) groups is 1. The van der Waals surface area contributed by atoms with Gasteiger partial charge in [0.1, 0.15) is 0 Å². The van der Waals surface area contributed by atoms with Gasteiger partial charge in [-0.1, -0.05) is 27.7 Å². The third kappa shape index (κ3) is 5.49. The van der Waals surface area contributed by atoms with E-state index >= 15 is 0 Å². The van der Waals surface area contributed by atoms with Gasteiger partial charge < -0.3 is 9.64 Å². The lowest BCUT2D eigenvalue weighted by Crippen LogP contribution is -2.35. The zero-order valence-corrected chi connectivity index (χ0v) is 13.1. The van der Waals surface area contributed by atoms with E-state index in [1.54, 1.807) is 0 Å². The van der Waals surface area contributed by atoms with E-state index in [9.17, 15) is 4.79 Å². The third-order valence-electron chi connectivity index (χ3n) is 3.34. The van der Waals surface area contributed by atoms with Crippen molar-refractivity contribution in [1.82, 2.24) is 10.2 Å². The second kappa shape index (κ2) is 7.85. The molecule has 1 heterocycles. The number of nitrogens with one attached hydrogen (secondary N) is 1. The summed E-state index contributed by atoms with van der Waals surface area (Å²) in [5.74, 6) is 1.37. The molecule has 0 radical (unpaired) electrons. The largest absolute Gasteiger partial charge is 0.381 e. The molecule has 2 unspecified atom stereocenters. The molecule has 19 heavy (non-hydrogen) atoms. The molecule has 1 aliphatic heterocycles. The fraction of sp³-hybridized carbons (Fsp3) is 0.933. The number of nitrogens with zero attached hydrogens (tertiary/aromatic N) is 1. The van der Waals surface area contributed by atoms with Crippen molar-refractivity contribution in [3.63, 3.8) is 0 Å². The van der Waals surface area contributed by atoms with Crippen molar-refractivity contribution in [2.24, 2.45) is 11.8 Å². The van der Waals surface area contributed by atoms with Crippen LogP contribution in [0.5, 0.6) is 0 Å². The van der Waals surface area contributed by atoms with Crippen molar-refractivity contribution in [3.8, 4) is 0 Å². The Labute approximate surface area is 117 Å². The molecule has 1 saturated heterocycles. The average molecular weight is 270 g/mol. The van der Waals surface area contributed by atoms with E-state index in [-0.39, 0.29) is 18.1 Å². The number of hydrogen-bond donors (Lipinski definition) is 1. The summed E-state index contributed by atoms with van der Waals surface area (Å²) in [5.41, 5.74) is 0. The normalized spacial score (nSPS) is 23.9. The van der Waals surface area contributed by atoms with Crippen LogP contribution in [0.25, 0.3) is 0 Å². The number of rotatable bonds is 8. The number of amides is 1. The Kier molecular flexibility index (Phi) is 6.80. The van der Waals surface area contributed by atoms with Gasteiger partial charge >= 0.3 is 0 Å². The van der Waals surface area contributed by atoms with Crippen molar-refractivity contribution in [2.75, 3.05) is 19.8 Å². The molecule has 0 aromatic rings. The van der Waals surface area contributed by atoms with E-state index in [1.807, 2.05) is 4.90 Å². The zero-order valence-electron chi connectivity index (χ0n) is 13.1. The summed E-state index contributed by atoms with van der Waals surface area (Å²) in [6, 6.07) is 0.00609. The summed E-state index contributed by atoms with van der Waals surface area (Å²) in [6.07, 6.45) is 1.99. The molecule has 4 nitrogen and oxygen atoms in total. The lowest BCUT2D eigenvalue weighted by Gasteiger charge is -2.20. The topological polar surface area (TPSA) is 41.6 Å². The van der Waals surface area contributed by atoms with Crippen LogP contribution in [0.2, 0.25) is 0 Å². The molecule has 4 heteroatoms. The monoisotopic (exact) mass is 270 g/mol. The van der Waals surface area contributed by atoms with E-state index < -0.39 is 0 Å². The highest BCUT2D eigenvalue weighted by Crippen LogP contribution is 2.17. The van der Waals surface area contributed by atoms with Crippen LogP contribution < -0.4 is 5.32 Å². The van der Waals surface area contributed by atoms with Crippen LogP contribution in [0.3, 0.4) is 0 Å². The van der Waals surface area contributed by atoms with E-state index in [4.69, 9.17) is 4.74 Å². The summed E-state index contributed by atoms with van der Waals surface area (Å²) in [7, 11) is 0. The van der Waals surface area contributed by atoms with Crippen LogP contribution in [-0.4, -0.2) is 42.8 Å². The van der Waals surface area contributed by atoms with Gasteiger partial charge in [-0.3, -0.25) is 10.1 Å². The first-order chi connectivity index (χ1) is 8.91. The quantitative estimate of drug-likeness (QED) is 0.688. The highest BCUT2D eigenvalue weighted by Gasteiger charge is 2.35. The highest BCUT2D eigenvalue weighted by molar-refractivity contribution is 5.84. The molecule has 1 amide bonds. The first-order valence-electron chi connectivity index (χ1n) is 7.56. The number of ether oxygens (including phenoxy) is 1. The minimum atomic E-state index is 0.00609. The van der Waals surface area contributed by atoms with Crippen molar-refractivity contribution >= 4 is 5.91 Å². The van der Waals surface area contributed by atoms with Crippen molar-refractivity contribution in [3.05, 3.63) is 0 Å². The first kappa shape index (κ1) is 16.4. The fourth-order valence-electron chi connectivity index (χ4n) is 2.44. The summed E-state index contributed by atoms with van der Waals surface area (Å²) >= 11 is 0. The van der Waals surface area contributed by atoms with Gasteiger partial charge in [0.2, 0.25) is 5.91 Å². The van der Waals surface area contributed by atoms with E-state index in [1.165, 1.54) is 0 Å². The molecule has 0 spiro atoms. The Hall–Kier alpha value is -0.610. The molecule has 112 valence electrons. The Balaban J connectivity index is 2.27. The molecule has 1 fully saturated rings. The predicted octanol–water partition coefficient (Wildman–Crippen LogP) is 2.24. The zero-order chi connectivity index (χ0) is 14.4. The minimum absolute atomic E-state index is 0.00609. The second-order valence-corrected chi connectivity index (χ2v) is 6.38. The maximum Gasteiger partial charge on any atom is 0.241 e. The molecule has 1 N–H and O–H groups in total. The van der Waals surface area contributed by atoms with E-state index in [2.05, 4.69) is 39.9 Å². The maximum atomic E-state index is 12.2. The lowest BCUT2D eigenvalue weighted by atomic mass is 10.0. The van der Waals surface area contributed by atoms with Crippen molar-refractivity contribution in [2.45, 2.75) is 59.7 Å². The predicted molar refractivity (Wildman–Crippen MR) is 77.8 cm³/mol. The summed E-state index contributed by atoms with van der Waals surface area (Å²) in [4.78, 5) is 14.2. The summed E-state index contributed by atoms with van der Waals surface area (Å²) in [5, 5.41) is 3.38. The molecule has 0 aromatic heterocycles. The van der Waals surface area contributed by atoms with Crippen LogP contribution in [-0.2, 0) is 9.53 Å². The van der Waals surface area contributed by atoms with Gasteiger partial charge in [-0.2, -0.15) is 0 Å². The van der Waals surface area contributed by atoms with E-state index in [0.717, 1.165) is 32.6 Å². The Bertz CT molecular complexity index is 279. The fourth-order valence-corrected chi connectivity index (χ4v) is 2.44. The Morgan fingerprint density at radius 2 is 1.95 bits per heavy atom. The first-order valence-corrected chi connectivity index (χ1v) is 7.56. The van der Waals surface area contributed by atoms with Gasteiger partial charge in [0.05, 0.1) is 12.2 Å². The van der Waals surface area contributed by atoms with Gasteiger partial charge in [-0.15, -0.1) is 0 Å². The van der Waals surface area contributed by atoms with Crippen molar-refractivity contribution < 1.29 is 9.53 Å². The van der Waals surface area contributed by atoms with E-state index in [0.29, 0.717) is 11.8 Å². The maximum absolute atomic E-state index is 12.2. The second-order valence-electron chi connectivity index (χ2n) is 6.38. The number of carbonyl (C=O) groups excluding carboxylic acids is 1. The molecule has 0 saturated carbocycles. The third-order valence-corrected chi connectivity index (χ3v) is 3.34. The standard InChI is InChI=1S/C15H30N2O2/c1-11(2)9-14-15(18)17(13(5)16-14)7-6-8-19-10-12(3)4/h11-14,16H,6-10H2,1-5H3. The minimum Gasteiger partial charge on any atom is -0.381 e. The SMILES string of the molecule is CC(C)COCCCN1C(=O)C(CC(C)C)NC1C.